The van der Waals surface area contributed by atoms with Crippen molar-refractivity contribution in [3.05, 3.63) is 30.4 Å². The minimum absolute atomic E-state index is 0.203. The van der Waals surface area contributed by atoms with Crippen LogP contribution < -0.4 is 0 Å². The van der Waals surface area contributed by atoms with Crippen LogP contribution in [0, 0.1) is 6.92 Å². The highest BCUT2D eigenvalue weighted by Gasteiger charge is 2.37. The predicted molar refractivity (Wildman–Crippen MR) is 96.9 cm³/mol. The normalized spacial score (nSPS) is 18.8. The van der Waals surface area contributed by atoms with Crippen LogP contribution in [0.4, 0.5) is 0 Å². The van der Waals surface area contributed by atoms with Gasteiger partial charge in [-0.2, -0.15) is 0 Å². The summed E-state index contributed by atoms with van der Waals surface area (Å²) in [5.74, 6) is 0.908. The molecule has 8 heteroatoms. The summed E-state index contributed by atoms with van der Waals surface area (Å²) in [6.07, 6.45) is 6.31. The maximum absolute atomic E-state index is 11.8. The van der Waals surface area contributed by atoms with E-state index in [9.17, 15) is 8.42 Å². The van der Waals surface area contributed by atoms with Crippen LogP contribution in [0.5, 0.6) is 0 Å². The molecule has 132 valence electrons. The minimum Gasteiger partial charge on any atom is -0.320 e. The Kier molecular flexibility index (Phi) is 3.59. The van der Waals surface area contributed by atoms with E-state index in [0.717, 1.165) is 40.7 Å². The number of nitrogens with zero attached hydrogens (tertiary/aromatic N) is 5. The number of aromatic nitrogens is 4. The van der Waals surface area contributed by atoms with Crippen molar-refractivity contribution in [1.29, 1.82) is 0 Å². The van der Waals surface area contributed by atoms with E-state index in [1.165, 1.54) is 6.26 Å². The van der Waals surface area contributed by atoms with Gasteiger partial charge < -0.3 is 4.57 Å². The van der Waals surface area contributed by atoms with Crippen molar-refractivity contribution in [2.45, 2.75) is 32.2 Å². The summed E-state index contributed by atoms with van der Waals surface area (Å²) >= 11 is 0. The lowest BCUT2D eigenvalue weighted by atomic mass is 9.89. The summed E-state index contributed by atoms with van der Waals surface area (Å²) in [6.45, 7) is 5.20. The zero-order valence-electron chi connectivity index (χ0n) is 14.6. The lowest BCUT2D eigenvalue weighted by Gasteiger charge is -2.40. The molecule has 0 N–H and O–H groups in total. The van der Waals surface area contributed by atoms with Gasteiger partial charge in [-0.1, -0.05) is 0 Å². The first-order chi connectivity index (χ1) is 11.8. The van der Waals surface area contributed by atoms with E-state index in [1.54, 1.807) is 16.7 Å². The van der Waals surface area contributed by atoms with Gasteiger partial charge in [-0.25, -0.2) is 17.7 Å². The molecule has 0 atom stereocenters. The second-order valence-electron chi connectivity index (χ2n) is 7.02. The van der Waals surface area contributed by atoms with Crippen LogP contribution in [-0.4, -0.2) is 51.6 Å². The maximum atomic E-state index is 11.8. The number of hydrogen-bond acceptors (Lipinski definition) is 5. The second-order valence-corrected chi connectivity index (χ2v) is 9.00. The Hall–Kier alpha value is -2.06. The molecule has 0 spiro atoms. The molecule has 0 amide bonds. The minimum atomic E-state index is -3.15. The van der Waals surface area contributed by atoms with Crippen LogP contribution in [0.15, 0.2) is 24.5 Å². The maximum Gasteiger partial charge on any atom is 0.211 e. The summed E-state index contributed by atoms with van der Waals surface area (Å²) in [5, 5.41) is 0. The number of sulfonamides is 1. The molecule has 0 bridgehead atoms. The first kappa shape index (κ1) is 16.4. The van der Waals surface area contributed by atoms with Crippen LogP contribution in [0.2, 0.25) is 0 Å². The number of pyridine rings is 2. The Bertz CT molecular complexity index is 1070. The molecule has 0 unspecified atom stereocenters. The molecule has 1 aliphatic rings. The largest absolute Gasteiger partial charge is 0.320 e. The third-order valence-corrected chi connectivity index (χ3v) is 6.52. The van der Waals surface area contributed by atoms with E-state index >= 15 is 0 Å². The summed E-state index contributed by atoms with van der Waals surface area (Å²) in [4.78, 5) is 13.7. The Balaban J connectivity index is 1.87. The van der Waals surface area contributed by atoms with E-state index in [-0.39, 0.29) is 5.54 Å². The van der Waals surface area contributed by atoms with Gasteiger partial charge in [-0.15, -0.1) is 0 Å². The van der Waals surface area contributed by atoms with Crippen molar-refractivity contribution in [2.75, 3.05) is 19.3 Å². The number of piperidine rings is 1. The summed E-state index contributed by atoms with van der Waals surface area (Å²) in [6, 6.07) is 3.82. The number of aryl methyl sites for hydroxylation is 1. The number of imidazole rings is 1. The SMILES string of the molecule is Cc1nc2cnc3cccnc3c2n1C1(C)CCN(S(C)(=O)=O)CC1. The van der Waals surface area contributed by atoms with E-state index in [1.807, 2.05) is 19.1 Å². The number of fused-ring (bicyclic) bond motifs is 3. The molecule has 3 aromatic heterocycles. The first-order valence-electron chi connectivity index (χ1n) is 8.34. The van der Waals surface area contributed by atoms with Crippen molar-refractivity contribution in [3.63, 3.8) is 0 Å². The van der Waals surface area contributed by atoms with Gasteiger partial charge in [0.2, 0.25) is 10.0 Å². The van der Waals surface area contributed by atoms with Crippen molar-refractivity contribution in [1.82, 2.24) is 23.8 Å². The molecular formula is C17H21N5O2S. The van der Waals surface area contributed by atoms with Gasteiger partial charge in [0.15, 0.2) is 0 Å². The van der Waals surface area contributed by atoms with Gasteiger partial charge in [0.1, 0.15) is 16.9 Å². The monoisotopic (exact) mass is 359 g/mol. The van der Waals surface area contributed by atoms with E-state index in [2.05, 4.69) is 26.4 Å². The second kappa shape index (κ2) is 5.47. The lowest BCUT2D eigenvalue weighted by molar-refractivity contribution is 0.181. The predicted octanol–water partition coefficient (Wildman–Crippen LogP) is 2.06. The van der Waals surface area contributed by atoms with E-state index in [4.69, 9.17) is 0 Å². The molecule has 4 rings (SSSR count). The smallest absolute Gasteiger partial charge is 0.211 e. The van der Waals surface area contributed by atoms with Gasteiger partial charge in [0.25, 0.3) is 0 Å². The molecular weight excluding hydrogens is 338 g/mol. The summed E-state index contributed by atoms with van der Waals surface area (Å²) in [5.41, 5.74) is 3.29. The topological polar surface area (TPSA) is 81.0 Å². The molecule has 0 aliphatic carbocycles. The third-order valence-electron chi connectivity index (χ3n) is 5.22. The van der Waals surface area contributed by atoms with Gasteiger partial charge in [0, 0.05) is 24.8 Å². The van der Waals surface area contributed by atoms with Gasteiger partial charge in [-0.3, -0.25) is 9.97 Å². The highest BCUT2D eigenvalue weighted by Crippen LogP contribution is 2.36. The fourth-order valence-corrected chi connectivity index (χ4v) is 4.71. The molecule has 1 fully saturated rings. The fourth-order valence-electron chi connectivity index (χ4n) is 3.87. The van der Waals surface area contributed by atoms with Crippen molar-refractivity contribution in [2.24, 2.45) is 0 Å². The zero-order chi connectivity index (χ0) is 17.8. The van der Waals surface area contributed by atoms with Crippen molar-refractivity contribution >= 4 is 32.1 Å². The van der Waals surface area contributed by atoms with Gasteiger partial charge in [0.05, 0.1) is 23.5 Å². The third kappa shape index (κ3) is 2.60. The molecule has 3 aromatic rings. The van der Waals surface area contributed by atoms with Crippen LogP contribution in [0.1, 0.15) is 25.6 Å². The number of rotatable bonds is 2. The Morgan fingerprint density at radius 1 is 1.16 bits per heavy atom. The Morgan fingerprint density at radius 2 is 1.88 bits per heavy atom. The zero-order valence-corrected chi connectivity index (χ0v) is 15.4. The standard InChI is InChI=1S/C17H21N5O2S/c1-12-20-14-11-19-13-5-4-8-18-15(13)16(14)22(12)17(2)6-9-21(10-7-17)25(3,23)24/h4-5,8,11H,6-7,9-10H2,1-3H3. The average Bonchev–Trinajstić information content (AvgIpc) is 2.91. The van der Waals surface area contributed by atoms with Crippen molar-refractivity contribution in [3.8, 4) is 0 Å². The molecule has 0 saturated carbocycles. The lowest BCUT2D eigenvalue weighted by Crippen LogP contribution is -2.46. The molecule has 0 radical (unpaired) electrons. The molecule has 1 saturated heterocycles. The van der Waals surface area contributed by atoms with E-state index in [0.29, 0.717) is 13.1 Å². The van der Waals surface area contributed by atoms with Crippen LogP contribution in [0.25, 0.3) is 22.1 Å². The highest BCUT2D eigenvalue weighted by molar-refractivity contribution is 7.88. The molecule has 25 heavy (non-hydrogen) atoms. The fraction of sp³-hybridized carbons (Fsp3) is 0.471. The Labute approximate surface area is 146 Å². The number of hydrogen-bond donors (Lipinski definition) is 0. The van der Waals surface area contributed by atoms with E-state index < -0.39 is 10.0 Å². The van der Waals surface area contributed by atoms with Crippen LogP contribution in [-0.2, 0) is 15.6 Å². The molecule has 4 heterocycles. The molecule has 7 nitrogen and oxygen atoms in total. The quantitative estimate of drug-likeness (QED) is 0.699. The van der Waals surface area contributed by atoms with Gasteiger partial charge in [-0.05, 0) is 38.8 Å². The van der Waals surface area contributed by atoms with Crippen LogP contribution >= 0.6 is 0 Å². The summed E-state index contributed by atoms with van der Waals surface area (Å²) < 4.78 is 27.4. The summed E-state index contributed by atoms with van der Waals surface area (Å²) in [7, 11) is -3.15. The average molecular weight is 359 g/mol. The molecule has 0 aromatic carbocycles. The molecule has 1 aliphatic heterocycles. The van der Waals surface area contributed by atoms with Gasteiger partial charge >= 0.3 is 0 Å². The first-order valence-corrected chi connectivity index (χ1v) is 10.2. The Morgan fingerprint density at radius 3 is 2.56 bits per heavy atom. The van der Waals surface area contributed by atoms with Crippen LogP contribution in [0.3, 0.4) is 0 Å². The van der Waals surface area contributed by atoms with Crippen molar-refractivity contribution < 1.29 is 8.42 Å². The highest BCUT2D eigenvalue weighted by atomic mass is 32.2.